The third-order valence-electron chi connectivity index (χ3n) is 9.11. The Bertz CT molecular complexity index is 841. The summed E-state index contributed by atoms with van der Waals surface area (Å²) in [5.74, 6) is -0.0359. The van der Waals surface area contributed by atoms with Crippen molar-refractivity contribution in [1.82, 2.24) is 0 Å². The molecule has 198 valence electrons. The van der Waals surface area contributed by atoms with Crippen molar-refractivity contribution in [1.29, 1.82) is 0 Å². The van der Waals surface area contributed by atoms with Gasteiger partial charge in [-0.2, -0.15) is 0 Å². The van der Waals surface area contributed by atoms with Gasteiger partial charge >= 0.3 is 5.97 Å². The summed E-state index contributed by atoms with van der Waals surface area (Å²) < 4.78 is 16.6. The highest BCUT2D eigenvalue weighted by atomic mass is 16.7. The van der Waals surface area contributed by atoms with E-state index in [1.165, 1.54) is 0 Å². The smallest absolute Gasteiger partial charge is 0.336 e. The second-order valence-electron chi connectivity index (χ2n) is 11.3. The van der Waals surface area contributed by atoms with Crippen molar-refractivity contribution in [2.45, 2.75) is 89.2 Å². The first-order valence-corrected chi connectivity index (χ1v) is 12.7. The van der Waals surface area contributed by atoms with E-state index in [9.17, 15) is 30.3 Å². The van der Waals surface area contributed by atoms with E-state index in [0.29, 0.717) is 18.6 Å². The number of hydrogen-bond donors (Lipinski definition) is 5. The summed E-state index contributed by atoms with van der Waals surface area (Å²) in [4.78, 5) is 12.0. The van der Waals surface area contributed by atoms with Crippen LogP contribution < -0.4 is 0 Å². The van der Waals surface area contributed by atoms with Crippen LogP contribution in [0.3, 0.4) is 0 Å². The van der Waals surface area contributed by atoms with Gasteiger partial charge in [0.2, 0.25) is 0 Å². The third-order valence-corrected chi connectivity index (χ3v) is 9.11. The van der Waals surface area contributed by atoms with Crippen molar-refractivity contribution in [3.05, 3.63) is 23.8 Å². The van der Waals surface area contributed by atoms with Gasteiger partial charge in [0.15, 0.2) is 6.29 Å². The molecule has 0 bridgehead atoms. The SMILES string of the molecule is C=C1CC[C@@H]2[C@@](C)(CO[C@H]3O[C@@H](CO)[C@@H](O)[C@@H](O)[C@H]3O)CCC[C@@]2(C)[C@H]1C/C=C1/C(=O)OC[C@H]1O. The highest BCUT2D eigenvalue weighted by Crippen LogP contribution is 2.62. The molecule has 0 amide bonds. The Morgan fingerprint density at radius 2 is 1.89 bits per heavy atom. The van der Waals surface area contributed by atoms with E-state index in [4.69, 9.17) is 14.2 Å². The van der Waals surface area contributed by atoms with E-state index in [1.807, 2.05) is 6.08 Å². The van der Waals surface area contributed by atoms with Crippen molar-refractivity contribution in [3.63, 3.8) is 0 Å². The van der Waals surface area contributed by atoms with Crippen LogP contribution in [0.15, 0.2) is 23.8 Å². The van der Waals surface area contributed by atoms with E-state index in [0.717, 1.165) is 37.7 Å². The van der Waals surface area contributed by atoms with Gasteiger partial charge in [-0.25, -0.2) is 4.79 Å². The summed E-state index contributed by atoms with van der Waals surface area (Å²) in [6.45, 7) is 8.62. The lowest BCUT2D eigenvalue weighted by Crippen LogP contribution is -2.60. The molecule has 5 N–H and O–H groups in total. The van der Waals surface area contributed by atoms with Gasteiger partial charge in [-0.15, -0.1) is 0 Å². The van der Waals surface area contributed by atoms with E-state index < -0.39 is 49.4 Å². The highest BCUT2D eigenvalue weighted by molar-refractivity contribution is 5.91. The number of allylic oxidation sites excluding steroid dienone is 2. The number of esters is 1. The average molecular weight is 497 g/mol. The first-order chi connectivity index (χ1) is 16.5. The summed E-state index contributed by atoms with van der Waals surface area (Å²) in [5.41, 5.74) is 1.16. The Kier molecular flexibility index (Phi) is 7.79. The Labute approximate surface area is 206 Å². The first kappa shape index (κ1) is 26.7. The molecule has 0 radical (unpaired) electrons. The Hall–Kier alpha value is -1.33. The summed E-state index contributed by atoms with van der Waals surface area (Å²) in [5, 5.41) is 50.1. The summed E-state index contributed by atoms with van der Waals surface area (Å²) >= 11 is 0. The van der Waals surface area contributed by atoms with Crippen LogP contribution in [-0.2, 0) is 19.0 Å². The van der Waals surface area contributed by atoms with E-state index in [1.54, 1.807) is 0 Å². The van der Waals surface area contributed by atoms with Gasteiger partial charge in [0, 0.05) is 0 Å². The fraction of sp³-hybridized carbons (Fsp3) is 0.808. The molecular weight excluding hydrogens is 456 g/mol. The first-order valence-electron chi connectivity index (χ1n) is 12.7. The van der Waals surface area contributed by atoms with Crippen LogP contribution in [0.2, 0.25) is 0 Å². The van der Waals surface area contributed by atoms with Gasteiger partial charge < -0.3 is 39.7 Å². The maximum atomic E-state index is 12.0. The zero-order valence-corrected chi connectivity index (χ0v) is 20.6. The fourth-order valence-electron chi connectivity index (χ4n) is 7.10. The molecule has 0 unspecified atom stereocenters. The number of aliphatic hydroxyl groups excluding tert-OH is 5. The molecule has 2 saturated carbocycles. The standard InChI is InChI=1S/C26H40O9/c1-14-5-8-19-25(2,13-34-24-22(31)21(30)20(29)18(11-27)35-24)9-4-10-26(19,3)16(14)7-6-15-17(28)12-33-23(15)32/h6,16-22,24,27-31H,1,4-5,7-13H2,2-3H3/b15-6+/t16-,17+,18-,19+,20+,21+,22+,24-,25+,26-/m0/s1. The number of fused-ring (bicyclic) bond motifs is 1. The summed E-state index contributed by atoms with van der Waals surface area (Å²) in [6.07, 6.45) is -0.201. The second-order valence-corrected chi connectivity index (χ2v) is 11.3. The normalized spacial score (nSPS) is 47.6. The molecule has 0 aromatic heterocycles. The molecule has 4 fully saturated rings. The van der Waals surface area contributed by atoms with Crippen LogP contribution in [0.4, 0.5) is 0 Å². The number of carbonyl (C=O) groups excluding carboxylic acids is 1. The summed E-state index contributed by atoms with van der Waals surface area (Å²) in [7, 11) is 0. The van der Waals surface area contributed by atoms with Crippen molar-refractivity contribution in [2.75, 3.05) is 19.8 Å². The minimum atomic E-state index is -1.47. The second kappa shape index (κ2) is 10.2. The predicted octanol–water partition coefficient (Wildman–Crippen LogP) is 0.816. The zero-order valence-electron chi connectivity index (χ0n) is 20.6. The fourth-order valence-corrected chi connectivity index (χ4v) is 7.10. The minimum Gasteiger partial charge on any atom is -0.459 e. The Morgan fingerprint density at radius 3 is 2.54 bits per heavy atom. The zero-order chi connectivity index (χ0) is 25.5. The molecule has 2 heterocycles. The lowest BCUT2D eigenvalue weighted by molar-refractivity contribution is -0.309. The number of hydrogen-bond acceptors (Lipinski definition) is 9. The van der Waals surface area contributed by atoms with Crippen LogP contribution in [0.1, 0.15) is 52.4 Å². The van der Waals surface area contributed by atoms with Crippen molar-refractivity contribution in [3.8, 4) is 0 Å². The molecule has 2 saturated heterocycles. The molecule has 4 rings (SSSR count). The molecule has 9 nitrogen and oxygen atoms in total. The molecule has 0 spiro atoms. The predicted molar refractivity (Wildman–Crippen MR) is 125 cm³/mol. The third kappa shape index (κ3) is 4.84. The largest absolute Gasteiger partial charge is 0.459 e. The van der Waals surface area contributed by atoms with Crippen LogP contribution in [0.5, 0.6) is 0 Å². The maximum Gasteiger partial charge on any atom is 0.336 e. The van der Waals surface area contributed by atoms with Crippen molar-refractivity contribution >= 4 is 5.97 Å². The van der Waals surface area contributed by atoms with Gasteiger partial charge in [-0.3, -0.25) is 0 Å². The van der Waals surface area contributed by atoms with Gasteiger partial charge in [-0.05, 0) is 54.8 Å². The van der Waals surface area contributed by atoms with Crippen LogP contribution >= 0.6 is 0 Å². The Morgan fingerprint density at radius 1 is 1.14 bits per heavy atom. The van der Waals surface area contributed by atoms with E-state index >= 15 is 0 Å². The molecule has 2 aliphatic carbocycles. The van der Waals surface area contributed by atoms with E-state index in [2.05, 4.69) is 20.4 Å². The van der Waals surface area contributed by atoms with Gasteiger partial charge in [-0.1, -0.05) is 38.5 Å². The molecular formula is C26H40O9. The molecule has 0 aromatic rings. The van der Waals surface area contributed by atoms with Gasteiger partial charge in [0.05, 0.1) is 18.8 Å². The molecule has 0 aromatic carbocycles. The topological polar surface area (TPSA) is 146 Å². The van der Waals surface area contributed by atoms with Crippen LogP contribution in [0, 0.1) is 22.7 Å². The summed E-state index contributed by atoms with van der Waals surface area (Å²) in [6, 6.07) is 0. The molecule has 9 heteroatoms. The Balaban J connectivity index is 1.50. The maximum absolute atomic E-state index is 12.0. The van der Waals surface area contributed by atoms with Crippen LogP contribution in [-0.4, -0.2) is 88.1 Å². The van der Waals surface area contributed by atoms with Crippen LogP contribution in [0.25, 0.3) is 0 Å². The van der Waals surface area contributed by atoms with Crippen molar-refractivity contribution in [2.24, 2.45) is 22.7 Å². The molecule has 2 aliphatic heterocycles. The van der Waals surface area contributed by atoms with Gasteiger partial charge in [0.25, 0.3) is 0 Å². The number of carbonyl (C=O) groups is 1. The lowest BCUT2D eigenvalue weighted by Gasteiger charge is -2.59. The van der Waals surface area contributed by atoms with E-state index in [-0.39, 0.29) is 29.3 Å². The minimum absolute atomic E-state index is 0.00351. The van der Waals surface area contributed by atoms with Gasteiger partial charge in [0.1, 0.15) is 37.1 Å². The van der Waals surface area contributed by atoms with Crippen molar-refractivity contribution < 1.29 is 44.5 Å². The molecule has 35 heavy (non-hydrogen) atoms. The molecule has 4 aliphatic rings. The quantitative estimate of drug-likeness (QED) is 0.205. The number of aliphatic hydroxyl groups is 5. The highest BCUT2D eigenvalue weighted by Gasteiger charge is 2.55. The lowest BCUT2D eigenvalue weighted by atomic mass is 9.47. The number of rotatable bonds is 6. The monoisotopic (exact) mass is 496 g/mol. The average Bonchev–Trinajstić information content (AvgIpc) is 3.13. The number of ether oxygens (including phenoxy) is 3. The molecule has 10 atom stereocenters. The number of cyclic esters (lactones) is 1.